The van der Waals surface area contributed by atoms with Crippen LogP contribution in [0.4, 0.5) is 0 Å². The molecule has 2 fully saturated rings. The molecule has 2 atom stereocenters. The lowest BCUT2D eigenvalue weighted by Gasteiger charge is -2.37. The molecule has 0 bridgehead atoms. The van der Waals surface area contributed by atoms with Gasteiger partial charge in [0.05, 0.1) is 12.2 Å². The number of nitrogens with one attached hydrogen (secondary N) is 1. The highest BCUT2D eigenvalue weighted by molar-refractivity contribution is 7.07. The fourth-order valence-electron chi connectivity index (χ4n) is 3.19. The summed E-state index contributed by atoms with van der Waals surface area (Å²) in [6, 6.07) is 2.14. The summed E-state index contributed by atoms with van der Waals surface area (Å²) >= 11 is 1.71. The van der Waals surface area contributed by atoms with E-state index in [-0.39, 0.29) is 30.5 Å². The first kappa shape index (κ1) is 18.7. The second-order valence-electron chi connectivity index (χ2n) is 6.13. The Morgan fingerprint density at radius 2 is 2.17 bits per heavy atom. The molecular formula is C16H26ClN3O2S. The molecule has 0 aromatic carbocycles. The van der Waals surface area contributed by atoms with Gasteiger partial charge in [-0.2, -0.15) is 11.3 Å². The number of hydrogen-bond donors (Lipinski definition) is 1. The SMILES string of the molecule is CC1CN(CCC(=O)N2CCNCC2)CC(c2ccsc2)O1.Cl. The summed E-state index contributed by atoms with van der Waals surface area (Å²) in [4.78, 5) is 16.6. The third-order valence-electron chi connectivity index (χ3n) is 4.36. The number of halogens is 1. The van der Waals surface area contributed by atoms with E-state index in [4.69, 9.17) is 4.74 Å². The van der Waals surface area contributed by atoms with Crippen molar-refractivity contribution in [2.75, 3.05) is 45.8 Å². The van der Waals surface area contributed by atoms with Crippen LogP contribution in [0.25, 0.3) is 0 Å². The van der Waals surface area contributed by atoms with Gasteiger partial charge in [-0.1, -0.05) is 0 Å². The Morgan fingerprint density at radius 3 is 2.87 bits per heavy atom. The second-order valence-corrected chi connectivity index (χ2v) is 6.91. The fraction of sp³-hybridized carbons (Fsp3) is 0.688. The van der Waals surface area contributed by atoms with Gasteiger partial charge in [0.1, 0.15) is 0 Å². The van der Waals surface area contributed by atoms with Gasteiger partial charge in [0.25, 0.3) is 0 Å². The van der Waals surface area contributed by atoms with E-state index < -0.39 is 0 Å². The lowest BCUT2D eigenvalue weighted by molar-refractivity contribution is -0.133. The summed E-state index contributed by atoms with van der Waals surface area (Å²) in [6.45, 7) is 8.26. The highest BCUT2D eigenvalue weighted by Crippen LogP contribution is 2.26. The number of ether oxygens (including phenoxy) is 1. The van der Waals surface area contributed by atoms with Crippen molar-refractivity contribution in [2.24, 2.45) is 0 Å². The standard InChI is InChI=1S/C16H25N3O2S.ClH/c1-13-10-18(11-15(21-13)14-3-9-22-12-14)6-2-16(20)19-7-4-17-5-8-19;/h3,9,12-13,15,17H,2,4-8,10-11H2,1H3;1H. The van der Waals surface area contributed by atoms with Crippen LogP contribution in [-0.4, -0.2) is 67.6 Å². The Kier molecular flexibility index (Phi) is 7.30. The van der Waals surface area contributed by atoms with Gasteiger partial charge in [-0.25, -0.2) is 0 Å². The molecule has 2 saturated heterocycles. The van der Waals surface area contributed by atoms with E-state index in [9.17, 15) is 4.79 Å². The minimum absolute atomic E-state index is 0. The zero-order valence-electron chi connectivity index (χ0n) is 13.6. The van der Waals surface area contributed by atoms with Crippen molar-refractivity contribution in [1.82, 2.24) is 15.1 Å². The minimum Gasteiger partial charge on any atom is -0.368 e. The maximum Gasteiger partial charge on any atom is 0.223 e. The first-order chi connectivity index (χ1) is 10.7. The molecule has 1 aromatic rings. The Morgan fingerprint density at radius 1 is 1.39 bits per heavy atom. The first-order valence-electron chi connectivity index (χ1n) is 8.11. The van der Waals surface area contributed by atoms with E-state index >= 15 is 0 Å². The minimum atomic E-state index is 0. The molecule has 3 rings (SSSR count). The number of carbonyl (C=O) groups excluding carboxylic acids is 1. The van der Waals surface area contributed by atoms with E-state index in [2.05, 4.69) is 34.0 Å². The molecule has 7 heteroatoms. The Labute approximate surface area is 148 Å². The molecule has 0 radical (unpaired) electrons. The lowest BCUT2D eigenvalue weighted by Crippen LogP contribution is -2.48. The molecule has 2 unspecified atom stereocenters. The predicted octanol–water partition coefficient (Wildman–Crippen LogP) is 1.75. The van der Waals surface area contributed by atoms with Crippen LogP contribution in [0.1, 0.15) is 25.0 Å². The van der Waals surface area contributed by atoms with E-state index in [0.717, 1.165) is 45.8 Å². The van der Waals surface area contributed by atoms with Gasteiger partial charge in [-0.3, -0.25) is 9.69 Å². The summed E-state index contributed by atoms with van der Waals surface area (Å²) in [5.74, 6) is 0.285. The number of morpholine rings is 1. The first-order valence-corrected chi connectivity index (χ1v) is 9.05. The number of rotatable bonds is 4. The Balaban J connectivity index is 0.00000192. The van der Waals surface area contributed by atoms with Gasteiger partial charge in [0.15, 0.2) is 0 Å². The van der Waals surface area contributed by atoms with E-state index in [0.29, 0.717) is 6.42 Å². The third-order valence-corrected chi connectivity index (χ3v) is 5.06. The van der Waals surface area contributed by atoms with E-state index in [1.54, 1.807) is 11.3 Å². The van der Waals surface area contributed by atoms with Gasteiger partial charge < -0.3 is 15.0 Å². The van der Waals surface area contributed by atoms with Gasteiger partial charge in [-0.15, -0.1) is 12.4 Å². The summed E-state index contributed by atoms with van der Waals surface area (Å²) in [6.07, 6.45) is 0.973. The Hall–Kier alpha value is -0.660. The van der Waals surface area contributed by atoms with Crippen molar-refractivity contribution in [3.8, 4) is 0 Å². The molecule has 23 heavy (non-hydrogen) atoms. The van der Waals surface area contributed by atoms with Gasteiger partial charge in [-0.05, 0) is 29.3 Å². The molecular weight excluding hydrogens is 334 g/mol. The molecule has 2 aliphatic rings. The fourth-order valence-corrected chi connectivity index (χ4v) is 3.89. The van der Waals surface area contributed by atoms with Crippen LogP contribution in [0.5, 0.6) is 0 Å². The normalized spacial score (nSPS) is 25.9. The average molecular weight is 360 g/mol. The van der Waals surface area contributed by atoms with Crippen LogP contribution in [0.2, 0.25) is 0 Å². The molecule has 1 N–H and O–H groups in total. The van der Waals surface area contributed by atoms with Crippen molar-refractivity contribution in [3.05, 3.63) is 22.4 Å². The number of amides is 1. The molecule has 0 saturated carbocycles. The summed E-state index contributed by atoms with van der Waals surface area (Å²) in [7, 11) is 0. The number of nitrogens with zero attached hydrogens (tertiary/aromatic N) is 2. The zero-order chi connectivity index (χ0) is 15.4. The highest BCUT2D eigenvalue weighted by atomic mass is 35.5. The molecule has 0 spiro atoms. The smallest absolute Gasteiger partial charge is 0.223 e. The number of hydrogen-bond acceptors (Lipinski definition) is 5. The van der Waals surface area contributed by atoms with Crippen LogP contribution in [0.15, 0.2) is 16.8 Å². The van der Waals surface area contributed by atoms with Crippen molar-refractivity contribution in [1.29, 1.82) is 0 Å². The second kappa shape index (κ2) is 8.99. The van der Waals surface area contributed by atoms with Crippen molar-refractivity contribution in [3.63, 3.8) is 0 Å². The average Bonchev–Trinajstić information content (AvgIpc) is 3.07. The van der Waals surface area contributed by atoms with Gasteiger partial charge in [0, 0.05) is 52.2 Å². The molecule has 0 aliphatic carbocycles. The van der Waals surface area contributed by atoms with Crippen molar-refractivity contribution >= 4 is 29.7 Å². The van der Waals surface area contributed by atoms with Crippen LogP contribution < -0.4 is 5.32 Å². The third kappa shape index (κ3) is 5.16. The van der Waals surface area contributed by atoms with Crippen LogP contribution in [0, 0.1) is 0 Å². The zero-order valence-corrected chi connectivity index (χ0v) is 15.2. The predicted molar refractivity (Wildman–Crippen MR) is 95.4 cm³/mol. The lowest BCUT2D eigenvalue weighted by atomic mass is 10.1. The van der Waals surface area contributed by atoms with Crippen LogP contribution in [-0.2, 0) is 9.53 Å². The number of piperazine rings is 1. The highest BCUT2D eigenvalue weighted by Gasteiger charge is 2.27. The van der Waals surface area contributed by atoms with Crippen molar-refractivity contribution in [2.45, 2.75) is 25.6 Å². The molecule has 3 heterocycles. The topological polar surface area (TPSA) is 44.8 Å². The maximum atomic E-state index is 12.3. The summed E-state index contributed by atoms with van der Waals surface area (Å²) in [5.41, 5.74) is 1.26. The number of thiophene rings is 1. The summed E-state index contributed by atoms with van der Waals surface area (Å²) < 4.78 is 6.05. The summed E-state index contributed by atoms with van der Waals surface area (Å²) in [5, 5.41) is 7.54. The van der Waals surface area contributed by atoms with Crippen molar-refractivity contribution < 1.29 is 9.53 Å². The molecule has 130 valence electrons. The monoisotopic (exact) mass is 359 g/mol. The molecule has 2 aliphatic heterocycles. The largest absolute Gasteiger partial charge is 0.368 e. The molecule has 1 amide bonds. The maximum absolute atomic E-state index is 12.3. The Bertz CT molecular complexity index is 480. The van der Waals surface area contributed by atoms with E-state index in [1.165, 1.54) is 5.56 Å². The van der Waals surface area contributed by atoms with Gasteiger partial charge in [0.2, 0.25) is 5.91 Å². The van der Waals surface area contributed by atoms with Gasteiger partial charge >= 0.3 is 0 Å². The van der Waals surface area contributed by atoms with Crippen LogP contribution in [0.3, 0.4) is 0 Å². The number of carbonyl (C=O) groups is 1. The molecule has 1 aromatic heterocycles. The quantitative estimate of drug-likeness (QED) is 0.889. The molecule has 5 nitrogen and oxygen atoms in total. The van der Waals surface area contributed by atoms with E-state index in [1.807, 2.05) is 4.90 Å². The van der Waals surface area contributed by atoms with Crippen LogP contribution >= 0.6 is 23.7 Å².